The number of nitriles is 2. The van der Waals surface area contributed by atoms with E-state index >= 15 is 0 Å². The number of para-hydroxylation sites is 1. The summed E-state index contributed by atoms with van der Waals surface area (Å²) in [7, 11) is 1.51. The van der Waals surface area contributed by atoms with Crippen LogP contribution in [0.2, 0.25) is 5.02 Å². The van der Waals surface area contributed by atoms with Crippen molar-refractivity contribution in [1.29, 1.82) is 10.5 Å². The lowest BCUT2D eigenvalue weighted by Crippen LogP contribution is -2.19. The van der Waals surface area contributed by atoms with Crippen LogP contribution >= 0.6 is 23.4 Å². The number of H-pyrrole nitrogens is 1. The summed E-state index contributed by atoms with van der Waals surface area (Å²) in [6.45, 7) is 0. The molecule has 0 saturated heterocycles. The van der Waals surface area contributed by atoms with Gasteiger partial charge in [0.25, 0.3) is 5.82 Å². The Morgan fingerprint density at radius 2 is 1.80 bits per heavy atom. The average Bonchev–Trinajstić information content (AvgIpc) is 2.77. The third kappa shape index (κ3) is 4.23. The van der Waals surface area contributed by atoms with Crippen molar-refractivity contribution in [3.05, 3.63) is 70.2 Å². The van der Waals surface area contributed by atoms with Crippen LogP contribution in [0, 0.1) is 22.7 Å². The number of thioether (sulfide) groups is 1. The fourth-order valence-corrected chi connectivity index (χ4v) is 3.97. The van der Waals surface area contributed by atoms with Gasteiger partial charge in [0, 0.05) is 21.7 Å². The maximum absolute atomic E-state index is 12.5. The first-order valence-corrected chi connectivity index (χ1v) is 10.1. The number of ketones is 1. The molecule has 0 bridgehead atoms. The van der Waals surface area contributed by atoms with Crippen LogP contribution in [-0.2, 0) is 0 Å². The maximum atomic E-state index is 12.5. The highest BCUT2D eigenvalue weighted by Gasteiger charge is 2.26. The van der Waals surface area contributed by atoms with Crippen molar-refractivity contribution < 1.29 is 14.5 Å². The highest BCUT2D eigenvalue weighted by molar-refractivity contribution is 7.99. The second-order valence-electron chi connectivity index (χ2n) is 6.14. The highest BCUT2D eigenvalue weighted by Crippen LogP contribution is 2.38. The van der Waals surface area contributed by atoms with Crippen LogP contribution in [0.1, 0.15) is 21.5 Å². The molecule has 2 aromatic carbocycles. The molecule has 148 valence electrons. The molecule has 0 radical (unpaired) electrons. The lowest BCUT2D eigenvalue weighted by atomic mass is 9.96. The summed E-state index contributed by atoms with van der Waals surface area (Å²) >= 11 is 7.01. The summed E-state index contributed by atoms with van der Waals surface area (Å²) in [5.41, 5.74) is 7.89. The number of anilines is 1. The number of hydrogen-bond donors (Lipinski definition) is 1. The number of nitrogens with zero attached hydrogens (tertiary/aromatic N) is 2. The number of nitrogens with one attached hydrogen (secondary N) is 1. The number of ether oxygens (including phenoxy) is 1. The molecule has 3 aromatic rings. The predicted molar refractivity (Wildman–Crippen MR) is 115 cm³/mol. The SMILES string of the molecule is COc1ccccc1-c1c(C#N)c(N)[nH+]c(SCC(=O)c2ccc(Cl)cc2)c1C#N. The molecule has 3 rings (SSSR count). The molecule has 0 fully saturated rings. The molecule has 0 unspecified atom stereocenters. The summed E-state index contributed by atoms with van der Waals surface area (Å²) in [4.78, 5) is 15.4. The van der Waals surface area contributed by atoms with E-state index in [4.69, 9.17) is 22.1 Å². The minimum absolute atomic E-state index is 0.0729. The molecule has 0 aliphatic heterocycles. The number of carbonyl (C=O) groups is 1. The van der Waals surface area contributed by atoms with Crippen LogP contribution in [0.3, 0.4) is 0 Å². The van der Waals surface area contributed by atoms with Gasteiger partial charge in [-0.15, -0.1) is 0 Å². The monoisotopic (exact) mass is 435 g/mol. The molecule has 0 aliphatic rings. The van der Waals surface area contributed by atoms with Crippen LogP contribution in [0.25, 0.3) is 11.1 Å². The van der Waals surface area contributed by atoms with Crippen LogP contribution < -0.4 is 15.5 Å². The maximum Gasteiger partial charge on any atom is 0.289 e. The van der Waals surface area contributed by atoms with Gasteiger partial charge in [-0.25, -0.2) is 4.98 Å². The zero-order chi connectivity index (χ0) is 21.7. The molecule has 0 spiro atoms. The van der Waals surface area contributed by atoms with E-state index in [1.807, 2.05) is 0 Å². The normalized spacial score (nSPS) is 10.1. The van der Waals surface area contributed by atoms with Crippen LogP contribution in [0.4, 0.5) is 5.82 Å². The number of carbonyl (C=O) groups excluding carboxylic acids is 1. The smallest absolute Gasteiger partial charge is 0.289 e. The van der Waals surface area contributed by atoms with Crippen molar-refractivity contribution in [2.75, 3.05) is 18.6 Å². The van der Waals surface area contributed by atoms with Gasteiger partial charge in [-0.05, 0) is 30.3 Å². The Labute approximate surface area is 182 Å². The van der Waals surface area contributed by atoms with E-state index in [0.717, 1.165) is 11.8 Å². The number of benzene rings is 2. The lowest BCUT2D eigenvalue weighted by molar-refractivity contribution is -0.410. The van der Waals surface area contributed by atoms with E-state index in [2.05, 4.69) is 17.1 Å². The third-order valence-corrected chi connectivity index (χ3v) is 5.61. The fourth-order valence-electron chi connectivity index (χ4n) is 2.93. The molecule has 0 atom stereocenters. The van der Waals surface area contributed by atoms with E-state index < -0.39 is 0 Å². The van der Waals surface area contributed by atoms with Gasteiger partial charge in [-0.2, -0.15) is 10.5 Å². The summed E-state index contributed by atoms with van der Waals surface area (Å²) < 4.78 is 5.40. The highest BCUT2D eigenvalue weighted by atomic mass is 35.5. The zero-order valence-electron chi connectivity index (χ0n) is 15.9. The fraction of sp³-hybridized carbons (Fsp3) is 0.0909. The van der Waals surface area contributed by atoms with Crippen molar-refractivity contribution in [3.63, 3.8) is 0 Å². The minimum Gasteiger partial charge on any atom is -0.496 e. The number of hydrogen-bond acceptors (Lipinski definition) is 6. The van der Waals surface area contributed by atoms with Crippen molar-refractivity contribution in [1.82, 2.24) is 0 Å². The number of Topliss-reactive ketones (excluding diaryl/α,β-unsaturated/α-hetero) is 1. The van der Waals surface area contributed by atoms with E-state index in [9.17, 15) is 15.3 Å². The number of methoxy groups -OCH3 is 1. The predicted octanol–water partition coefficient (Wildman–Crippen LogP) is 4.13. The molecule has 30 heavy (non-hydrogen) atoms. The topological polar surface area (TPSA) is 114 Å². The molecular weight excluding hydrogens is 420 g/mol. The standard InChI is InChI=1S/C22H15ClN4O2S/c1-29-19-5-3-2-4-15(19)20-16(10-24)21(26)27-22(17(20)11-25)30-12-18(28)13-6-8-14(23)9-7-13/h2-9H,12H2,1H3,(H2,26,27)/p+1. The molecule has 0 amide bonds. The summed E-state index contributed by atoms with van der Waals surface area (Å²) in [6, 6.07) is 17.8. The zero-order valence-corrected chi connectivity index (χ0v) is 17.5. The number of nitrogens with two attached hydrogens (primary N) is 1. The Hall–Kier alpha value is -3.52. The van der Waals surface area contributed by atoms with Crippen molar-refractivity contribution >= 4 is 35.0 Å². The Balaban J connectivity index is 2.05. The largest absolute Gasteiger partial charge is 0.496 e. The van der Waals surface area contributed by atoms with Crippen molar-refractivity contribution in [2.24, 2.45) is 0 Å². The molecule has 6 nitrogen and oxygen atoms in total. The van der Waals surface area contributed by atoms with Gasteiger partial charge in [-0.3, -0.25) is 10.5 Å². The minimum atomic E-state index is -0.129. The Morgan fingerprint density at radius 1 is 1.13 bits per heavy atom. The Kier molecular flexibility index (Phi) is 6.58. The van der Waals surface area contributed by atoms with Gasteiger partial charge in [0.15, 0.2) is 16.4 Å². The van der Waals surface area contributed by atoms with Crippen LogP contribution in [0.5, 0.6) is 5.75 Å². The lowest BCUT2D eigenvalue weighted by Gasteiger charge is -2.13. The average molecular weight is 436 g/mol. The van der Waals surface area contributed by atoms with E-state index in [0.29, 0.717) is 32.5 Å². The first kappa shape index (κ1) is 21.2. The molecule has 0 saturated carbocycles. The first-order valence-electron chi connectivity index (χ1n) is 8.74. The summed E-state index contributed by atoms with van der Waals surface area (Å²) in [6.07, 6.45) is 0. The number of aromatic amines is 1. The molecule has 8 heteroatoms. The van der Waals surface area contributed by atoms with Crippen molar-refractivity contribution in [3.8, 4) is 29.0 Å². The summed E-state index contributed by atoms with van der Waals surface area (Å²) in [5.74, 6) is 0.558. The van der Waals surface area contributed by atoms with E-state index in [-0.39, 0.29) is 28.5 Å². The molecule has 3 N–H and O–H groups in total. The molecule has 0 aliphatic carbocycles. The van der Waals surface area contributed by atoms with Gasteiger partial charge < -0.3 is 4.74 Å². The van der Waals surface area contributed by atoms with Gasteiger partial charge in [0.1, 0.15) is 23.5 Å². The number of rotatable bonds is 6. The van der Waals surface area contributed by atoms with Crippen LogP contribution in [0.15, 0.2) is 53.6 Å². The molecule has 1 aromatic heterocycles. The molecular formula is C22H16ClN4O2S+. The first-order chi connectivity index (χ1) is 14.5. The van der Waals surface area contributed by atoms with Crippen LogP contribution in [-0.4, -0.2) is 18.6 Å². The van der Waals surface area contributed by atoms with Gasteiger partial charge in [0.05, 0.1) is 12.9 Å². The second-order valence-corrected chi connectivity index (χ2v) is 7.56. The number of halogens is 1. The number of nitrogen functional groups attached to an aromatic ring is 1. The van der Waals surface area contributed by atoms with Crippen molar-refractivity contribution in [2.45, 2.75) is 5.03 Å². The van der Waals surface area contributed by atoms with E-state index in [1.165, 1.54) is 7.11 Å². The Morgan fingerprint density at radius 3 is 2.43 bits per heavy atom. The molecule has 1 heterocycles. The van der Waals surface area contributed by atoms with Gasteiger partial charge in [-0.1, -0.05) is 41.6 Å². The number of aromatic nitrogens is 1. The third-order valence-electron chi connectivity index (χ3n) is 4.36. The summed E-state index contributed by atoms with van der Waals surface area (Å²) in [5, 5.41) is 20.5. The quantitative estimate of drug-likeness (QED) is 0.460. The van der Waals surface area contributed by atoms with Gasteiger partial charge in [0.2, 0.25) is 0 Å². The van der Waals surface area contributed by atoms with E-state index in [1.54, 1.807) is 48.5 Å². The second kappa shape index (κ2) is 9.32. The van der Waals surface area contributed by atoms with Gasteiger partial charge >= 0.3 is 0 Å². The Bertz CT molecular complexity index is 1200. The number of pyridine rings is 1.